The molecule has 3 rings (SSSR count). The molecule has 0 saturated heterocycles. The first kappa shape index (κ1) is 13.3. The maximum absolute atomic E-state index is 13.5. The molecule has 0 N–H and O–H groups in total. The highest BCUT2D eigenvalue weighted by Gasteiger charge is 2.42. The molecule has 1 aromatic heterocycles. The van der Waals surface area contributed by atoms with Gasteiger partial charge in [-0.15, -0.1) is 11.6 Å². The first-order valence-corrected chi connectivity index (χ1v) is 8.19. The van der Waals surface area contributed by atoms with Gasteiger partial charge in [-0.3, -0.25) is 0 Å². The second-order valence-corrected chi connectivity index (χ2v) is 6.73. The predicted octanol–water partition coefficient (Wildman–Crippen LogP) is 3.85. The van der Waals surface area contributed by atoms with E-state index >= 15 is 0 Å². The Labute approximate surface area is 121 Å². The van der Waals surface area contributed by atoms with Crippen LogP contribution in [0.3, 0.4) is 0 Å². The summed E-state index contributed by atoms with van der Waals surface area (Å²) in [6, 6.07) is 4.79. The molecule has 2 nitrogen and oxygen atoms in total. The van der Waals surface area contributed by atoms with Gasteiger partial charge in [0.2, 0.25) is 0 Å². The summed E-state index contributed by atoms with van der Waals surface area (Å²) in [5, 5.41) is 0. The molecule has 1 fully saturated rings. The number of hydrogen-bond donors (Lipinski definition) is 0. The fourth-order valence-electron chi connectivity index (χ4n) is 2.45. The molecule has 1 aliphatic rings. The third-order valence-corrected chi connectivity index (χ3v) is 5.39. The van der Waals surface area contributed by atoms with E-state index in [4.69, 9.17) is 11.6 Å². The Balaban J connectivity index is 2.07. The number of aryl methyl sites for hydroxylation is 1. The molecular formula is C14H16ClFN2S. The average Bonchev–Trinajstić information content (AvgIpc) is 3.11. The lowest BCUT2D eigenvalue weighted by Gasteiger charge is -2.16. The summed E-state index contributed by atoms with van der Waals surface area (Å²) < 4.78 is 15.9. The van der Waals surface area contributed by atoms with Gasteiger partial charge in [0, 0.05) is 23.6 Å². The number of thioether (sulfide) groups is 1. The van der Waals surface area contributed by atoms with Crippen molar-refractivity contribution in [3.05, 3.63) is 29.8 Å². The molecule has 1 aromatic carbocycles. The largest absolute Gasteiger partial charge is 0.326 e. The maximum atomic E-state index is 13.5. The number of hydrogen-bond acceptors (Lipinski definition) is 2. The molecular weight excluding hydrogens is 283 g/mol. The quantitative estimate of drug-likeness (QED) is 0.780. The Morgan fingerprint density at radius 3 is 2.89 bits per heavy atom. The number of nitrogens with zero attached hydrogens (tertiary/aromatic N) is 2. The van der Waals surface area contributed by atoms with Gasteiger partial charge >= 0.3 is 0 Å². The minimum Gasteiger partial charge on any atom is -0.326 e. The number of rotatable bonds is 5. The molecule has 1 aliphatic carbocycles. The third kappa shape index (κ3) is 2.48. The van der Waals surface area contributed by atoms with Gasteiger partial charge in [0.25, 0.3) is 0 Å². The zero-order chi connectivity index (χ0) is 13.5. The number of aromatic nitrogens is 2. The van der Waals surface area contributed by atoms with Crippen LogP contribution in [0.15, 0.2) is 18.2 Å². The molecule has 0 spiro atoms. The molecule has 102 valence electrons. The van der Waals surface area contributed by atoms with E-state index in [1.54, 1.807) is 12.1 Å². The van der Waals surface area contributed by atoms with Crippen molar-refractivity contribution in [3.8, 4) is 0 Å². The summed E-state index contributed by atoms with van der Waals surface area (Å²) in [5.74, 6) is 1.30. The predicted molar refractivity (Wildman–Crippen MR) is 79.6 cm³/mol. The van der Waals surface area contributed by atoms with Crippen LogP contribution in [0.2, 0.25) is 0 Å². The van der Waals surface area contributed by atoms with Crippen molar-refractivity contribution in [2.24, 2.45) is 0 Å². The smallest absolute Gasteiger partial charge is 0.125 e. The Hall–Kier alpha value is -0.740. The lowest BCUT2D eigenvalue weighted by Crippen LogP contribution is -2.16. The molecule has 0 unspecified atom stereocenters. The highest BCUT2D eigenvalue weighted by atomic mass is 35.5. The van der Waals surface area contributed by atoms with E-state index in [1.807, 2.05) is 11.8 Å². The first-order chi connectivity index (χ1) is 9.17. The third-order valence-electron chi connectivity index (χ3n) is 3.79. The van der Waals surface area contributed by atoms with E-state index in [1.165, 1.54) is 18.9 Å². The summed E-state index contributed by atoms with van der Waals surface area (Å²) in [7, 11) is 0. The highest BCUT2D eigenvalue weighted by molar-refractivity contribution is 8.00. The Bertz CT molecular complexity index is 607. The number of imidazole rings is 1. The zero-order valence-corrected chi connectivity index (χ0v) is 12.4. The summed E-state index contributed by atoms with van der Waals surface area (Å²) in [5.41, 5.74) is 1.75. The maximum Gasteiger partial charge on any atom is 0.125 e. The lowest BCUT2D eigenvalue weighted by molar-refractivity contribution is 0.622. The SMILES string of the molecule is CSC1(Cn2c(CCCl)nc3ccc(F)cc32)CC1. The minimum absolute atomic E-state index is 0.208. The zero-order valence-electron chi connectivity index (χ0n) is 10.8. The van der Waals surface area contributed by atoms with Crippen LogP contribution >= 0.6 is 23.4 Å². The summed E-state index contributed by atoms with van der Waals surface area (Å²) in [6.45, 7) is 0.903. The van der Waals surface area contributed by atoms with Crippen molar-refractivity contribution in [1.29, 1.82) is 0 Å². The van der Waals surface area contributed by atoms with Crippen molar-refractivity contribution in [1.82, 2.24) is 9.55 Å². The van der Waals surface area contributed by atoms with E-state index in [2.05, 4.69) is 15.8 Å². The van der Waals surface area contributed by atoms with Gasteiger partial charge in [-0.2, -0.15) is 11.8 Å². The van der Waals surface area contributed by atoms with Gasteiger partial charge in [0.1, 0.15) is 11.6 Å². The van der Waals surface area contributed by atoms with Gasteiger partial charge < -0.3 is 4.57 Å². The van der Waals surface area contributed by atoms with Gasteiger partial charge in [0.05, 0.1) is 11.0 Å². The van der Waals surface area contributed by atoms with Crippen LogP contribution < -0.4 is 0 Å². The second-order valence-electron chi connectivity index (χ2n) is 5.07. The second kappa shape index (κ2) is 4.98. The Kier molecular flexibility index (Phi) is 3.48. The molecule has 0 aliphatic heterocycles. The van der Waals surface area contributed by atoms with E-state index in [9.17, 15) is 4.39 Å². The number of benzene rings is 1. The molecule has 1 saturated carbocycles. The molecule has 1 heterocycles. The molecule has 5 heteroatoms. The van der Waals surface area contributed by atoms with Crippen LogP contribution in [-0.4, -0.2) is 26.4 Å². The topological polar surface area (TPSA) is 17.8 Å². The molecule has 0 amide bonds. The number of halogens is 2. The van der Waals surface area contributed by atoms with E-state index in [0.717, 1.165) is 29.8 Å². The molecule has 0 bridgehead atoms. The van der Waals surface area contributed by atoms with Crippen molar-refractivity contribution < 1.29 is 4.39 Å². The fraction of sp³-hybridized carbons (Fsp3) is 0.500. The van der Waals surface area contributed by atoms with Crippen LogP contribution in [0, 0.1) is 5.82 Å². The standard InChI is InChI=1S/C14H16ClFN2S/c1-19-14(5-6-14)9-18-12-8-10(16)2-3-11(12)17-13(18)4-7-15/h2-3,8H,4-7,9H2,1H3. The van der Waals surface area contributed by atoms with Gasteiger partial charge in [-0.1, -0.05) is 0 Å². The summed E-state index contributed by atoms with van der Waals surface area (Å²) in [6.07, 6.45) is 5.32. The van der Waals surface area contributed by atoms with Crippen molar-refractivity contribution in [3.63, 3.8) is 0 Å². The van der Waals surface area contributed by atoms with Crippen molar-refractivity contribution in [2.45, 2.75) is 30.6 Å². The van der Waals surface area contributed by atoms with Crippen LogP contribution in [0.5, 0.6) is 0 Å². The van der Waals surface area contributed by atoms with E-state index in [0.29, 0.717) is 10.6 Å². The van der Waals surface area contributed by atoms with Crippen molar-refractivity contribution >= 4 is 34.4 Å². The molecule has 0 radical (unpaired) electrons. The average molecular weight is 299 g/mol. The summed E-state index contributed by atoms with van der Waals surface area (Å²) >= 11 is 7.76. The van der Waals surface area contributed by atoms with Crippen LogP contribution in [0.25, 0.3) is 11.0 Å². The summed E-state index contributed by atoms with van der Waals surface area (Å²) in [4.78, 5) is 4.59. The van der Waals surface area contributed by atoms with Gasteiger partial charge in [-0.05, 0) is 37.3 Å². The Morgan fingerprint density at radius 2 is 2.26 bits per heavy atom. The molecule has 0 atom stereocenters. The lowest BCUT2D eigenvalue weighted by atomic mass is 10.3. The van der Waals surface area contributed by atoms with E-state index < -0.39 is 0 Å². The molecule has 2 aromatic rings. The highest BCUT2D eigenvalue weighted by Crippen LogP contribution is 2.49. The first-order valence-electron chi connectivity index (χ1n) is 6.43. The minimum atomic E-state index is -0.208. The van der Waals surface area contributed by atoms with Crippen molar-refractivity contribution in [2.75, 3.05) is 12.1 Å². The van der Waals surface area contributed by atoms with Crippen LogP contribution in [-0.2, 0) is 13.0 Å². The van der Waals surface area contributed by atoms with Crippen LogP contribution in [0.1, 0.15) is 18.7 Å². The van der Waals surface area contributed by atoms with Gasteiger partial charge in [-0.25, -0.2) is 9.37 Å². The van der Waals surface area contributed by atoms with Crippen LogP contribution in [0.4, 0.5) is 4.39 Å². The van der Waals surface area contributed by atoms with E-state index in [-0.39, 0.29) is 5.82 Å². The van der Waals surface area contributed by atoms with Gasteiger partial charge in [0.15, 0.2) is 0 Å². The number of alkyl halides is 1. The molecule has 19 heavy (non-hydrogen) atoms. The number of fused-ring (bicyclic) bond motifs is 1. The fourth-order valence-corrected chi connectivity index (χ4v) is 3.39. The monoisotopic (exact) mass is 298 g/mol. The normalized spacial score (nSPS) is 17.0. The Morgan fingerprint density at radius 1 is 1.47 bits per heavy atom.